The SMILES string of the molecule is CC(=O)CC[C@H]1CN(c2ccc(-c3cccc(C(=O)c4ccc([N+](=O)[O-])o4)n3)c(F)c2)C(=O)O1. The number of Topliss-reactive ketones (excluding diaryl/α,β-unsaturated/α-hetero) is 1. The average Bonchev–Trinajstić information content (AvgIpc) is 3.44. The van der Waals surface area contributed by atoms with E-state index in [1.807, 2.05) is 0 Å². The van der Waals surface area contributed by atoms with Crippen LogP contribution in [0, 0.1) is 15.9 Å². The lowest BCUT2D eigenvalue weighted by Crippen LogP contribution is -2.24. The maximum Gasteiger partial charge on any atom is 0.433 e. The molecule has 11 heteroatoms. The molecule has 2 aromatic heterocycles. The lowest BCUT2D eigenvalue weighted by molar-refractivity contribution is -0.402. The summed E-state index contributed by atoms with van der Waals surface area (Å²) in [6.07, 6.45) is -0.410. The number of nitrogens with zero attached hydrogens (tertiary/aromatic N) is 3. The summed E-state index contributed by atoms with van der Waals surface area (Å²) in [4.78, 5) is 51.4. The second-order valence-corrected chi connectivity index (χ2v) is 7.65. The fourth-order valence-corrected chi connectivity index (χ4v) is 3.51. The summed E-state index contributed by atoms with van der Waals surface area (Å²) in [5.41, 5.74) is 0.442. The minimum atomic E-state index is -0.765. The van der Waals surface area contributed by atoms with E-state index < -0.39 is 34.6 Å². The van der Waals surface area contributed by atoms with Crippen molar-refractivity contribution >= 4 is 29.2 Å². The highest BCUT2D eigenvalue weighted by molar-refractivity contribution is 6.06. The van der Waals surface area contributed by atoms with Crippen LogP contribution < -0.4 is 4.90 Å². The van der Waals surface area contributed by atoms with Crippen molar-refractivity contribution in [3.05, 3.63) is 75.9 Å². The molecule has 0 saturated carbocycles. The Morgan fingerprint density at radius 1 is 1.24 bits per heavy atom. The normalized spacial score (nSPS) is 15.3. The number of cyclic esters (lactones) is 1. The van der Waals surface area contributed by atoms with Crippen molar-refractivity contribution in [1.29, 1.82) is 0 Å². The van der Waals surface area contributed by atoms with Crippen LogP contribution in [-0.4, -0.2) is 40.2 Å². The van der Waals surface area contributed by atoms with E-state index in [4.69, 9.17) is 9.15 Å². The first-order valence-corrected chi connectivity index (χ1v) is 10.3. The van der Waals surface area contributed by atoms with Crippen LogP contribution in [0.2, 0.25) is 0 Å². The largest absolute Gasteiger partial charge is 0.444 e. The highest BCUT2D eigenvalue weighted by atomic mass is 19.1. The van der Waals surface area contributed by atoms with Gasteiger partial charge in [0.15, 0.2) is 5.76 Å². The summed E-state index contributed by atoms with van der Waals surface area (Å²) in [7, 11) is 0. The number of ketones is 2. The van der Waals surface area contributed by atoms with Crippen molar-refractivity contribution < 1.29 is 32.9 Å². The zero-order valence-electron chi connectivity index (χ0n) is 17.9. The molecule has 3 aromatic rings. The van der Waals surface area contributed by atoms with Gasteiger partial charge in [0.05, 0.1) is 24.0 Å². The predicted octanol–water partition coefficient (Wildman–Crippen LogP) is 4.31. The zero-order valence-corrected chi connectivity index (χ0v) is 17.9. The third kappa shape index (κ3) is 4.68. The number of ether oxygens (including phenoxy) is 1. The van der Waals surface area contributed by atoms with Gasteiger partial charge in [-0.1, -0.05) is 6.07 Å². The Morgan fingerprint density at radius 3 is 2.71 bits per heavy atom. The van der Waals surface area contributed by atoms with E-state index in [1.165, 1.54) is 48.2 Å². The summed E-state index contributed by atoms with van der Waals surface area (Å²) < 4.78 is 25.1. The summed E-state index contributed by atoms with van der Waals surface area (Å²) in [5.74, 6) is -2.22. The Balaban J connectivity index is 1.54. The summed E-state index contributed by atoms with van der Waals surface area (Å²) >= 11 is 0. The first-order chi connectivity index (χ1) is 16.2. The van der Waals surface area contributed by atoms with Crippen LogP contribution in [0.5, 0.6) is 0 Å². The molecular formula is C23H18FN3O7. The van der Waals surface area contributed by atoms with E-state index in [2.05, 4.69) is 4.98 Å². The number of furan rings is 1. The monoisotopic (exact) mass is 467 g/mol. The number of nitro groups is 1. The second kappa shape index (κ2) is 9.22. The van der Waals surface area contributed by atoms with Crippen LogP contribution in [0.3, 0.4) is 0 Å². The standard InChI is InChI=1S/C23H18FN3O7/c1-13(28)5-7-15-12-26(23(30)33-15)14-6-8-16(17(24)11-14)18-3-2-4-19(25-18)22(29)20-9-10-21(34-20)27(31)32/h2-4,6,8-11,15H,5,7,12H2,1H3/t15-/m0/s1. The molecule has 1 atom stereocenters. The minimum absolute atomic E-state index is 0.0108. The molecule has 4 rings (SSSR count). The van der Waals surface area contributed by atoms with Gasteiger partial charge >= 0.3 is 12.0 Å². The number of halogens is 1. The van der Waals surface area contributed by atoms with Crippen LogP contribution in [0.15, 0.2) is 52.9 Å². The van der Waals surface area contributed by atoms with Gasteiger partial charge in [-0.2, -0.15) is 0 Å². The molecule has 3 heterocycles. The number of carbonyl (C=O) groups is 3. The number of hydrogen-bond acceptors (Lipinski definition) is 8. The molecule has 1 amide bonds. The van der Waals surface area contributed by atoms with Crippen molar-refractivity contribution in [1.82, 2.24) is 4.98 Å². The van der Waals surface area contributed by atoms with Gasteiger partial charge in [-0.05, 0) is 49.7 Å². The number of hydrogen-bond donors (Lipinski definition) is 0. The lowest BCUT2D eigenvalue weighted by atomic mass is 10.1. The highest BCUT2D eigenvalue weighted by Gasteiger charge is 2.32. The first kappa shape index (κ1) is 22.8. The molecule has 34 heavy (non-hydrogen) atoms. The minimum Gasteiger partial charge on any atom is -0.444 e. The second-order valence-electron chi connectivity index (χ2n) is 7.65. The van der Waals surface area contributed by atoms with Crippen LogP contribution >= 0.6 is 0 Å². The third-order valence-electron chi connectivity index (χ3n) is 5.21. The van der Waals surface area contributed by atoms with Crippen LogP contribution in [0.1, 0.15) is 36.0 Å². The van der Waals surface area contributed by atoms with Crippen molar-refractivity contribution in [2.24, 2.45) is 0 Å². The molecular weight excluding hydrogens is 449 g/mol. The smallest absolute Gasteiger partial charge is 0.433 e. The molecule has 0 N–H and O–H groups in total. The third-order valence-corrected chi connectivity index (χ3v) is 5.21. The summed E-state index contributed by atoms with van der Waals surface area (Å²) in [6.45, 7) is 1.65. The number of amides is 1. The Labute approximate surface area is 192 Å². The fraction of sp³-hybridized carbons (Fsp3) is 0.217. The molecule has 0 bridgehead atoms. The highest BCUT2D eigenvalue weighted by Crippen LogP contribution is 2.29. The molecule has 1 aromatic carbocycles. The van der Waals surface area contributed by atoms with Crippen molar-refractivity contribution in [3.63, 3.8) is 0 Å². The number of pyridine rings is 1. The summed E-state index contributed by atoms with van der Waals surface area (Å²) in [6, 6.07) is 10.7. The number of carbonyl (C=O) groups excluding carboxylic acids is 3. The lowest BCUT2D eigenvalue weighted by Gasteiger charge is -2.14. The Bertz CT molecular complexity index is 1300. The van der Waals surface area contributed by atoms with Crippen molar-refractivity contribution in [2.75, 3.05) is 11.4 Å². The van der Waals surface area contributed by atoms with Gasteiger partial charge in [0, 0.05) is 12.0 Å². The molecule has 174 valence electrons. The molecule has 0 spiro atoms. The van der Waals surface area contributed by atoms with Crippen LogP contribution in [0.4, 0.5) is 20.8 Å². The van der Waals surface area contributed by atoms with Gasteiger partial charge in [0.2, 0.25) is 5.78 Å². The van der Waals surface area contributed by atoms with Crippen molar-refractivity contribution in [2.45, 2.75) is 25.9 Å². The van der Waals surface area contributed by atoms with E-state index in [0.29, 0.717) is 6.42 Å². The van der Waals surface area contributed by atoms with E-state index in [0.717, 1.165) is 12.1 Å². The van der Waals surface area contributed by atoms with Gasteiger partial charge < -0.3 is 13.9 Å². The molecule has 1 fully saturated rings. The zero-order chi connectivity index (χ0) is 24.4. The number of rotatable bonds is 8. The average molecular weight is 467 g/mol. The molecule has 10 nitrogen and oxygen atoms in total. The molecule has 0 aliphatic carbocycles. The molecule has 1 aliphatic heterocycles. The molecule has 0 unspecified atom stereocenters. The Morgan fingerprint density at radius 2 is 2.03 bits per heavy atom. The van der Waals surface area contributed by atoms with Gasteiger partial charge in [-0.3, -0.25) is 19.8 Å². The van der Waals surface area contributed by atoms with Gasteiger partial charge in [0.1, 0.15) is 28.3 Å². The van der Waals surface area contributed by atoms with Crippen LogP contribution in [-0.2, 0) is 9.53 Å². The predicted molar refractivity (Wildman–Crippen MR) is 116 cm³/mol. The number of benzene rings is 1. The molecule has 1 aliphatic rings. The molecule has 0 radical (unpaired) electrons. The summed E-state index contributed by atoms with van der Waals surface area (Å²) in [5, 5.41) is 10.8. The fourth-order valence-electron chi connectivity index (χ4n) is 3.51. The first-order valence-electron chi connectivity index (χ1n) is 10.3. The van der Waals surface area contributed by atoms with E-state index in [1.54, 1.807) is 0 Å². The van der Waals surface area contributed by atoms with Crippen molar-refractivity contribution in [3.8, 4) is 11.3 Å². The maximum atomic E-state index is 15.0. The Hall–Kier alpha value is -4.41. The maximum absolute atomic E-state index is 15.0. The van der Waals surface area contributed by atoms with Gasteiger partial charge in [-0.15, -0.1) is 0 Å². The number of anilines is 1. The topological polar surface area (TPSA) is 133 Å². The van der Waals surface area contributed by atoms with Gasteiger partial charge in [-0.25, -0.2) is 14.2 Å². The van der Waals surface area contributed by atoms with E-state index in [9.17, 15) is 28.9 Å². The van der Waals surface area contributed by atoms with E-state index in [-0.39, 0.29) is 47.1 Å². The molecule has 1 saturated heterocycles. The van der Waals surface area contributed by atoms with Crippen LogP contribution in [0.25, 0.3) is 11.3 Å². The van der Waals surface area contributed by atoms with Gasteiger partial charge in [0.25, 0.3) is 0 Å². The van der Waals surface area contributed by atoms with E-state index >= 15 is 0 Å². The quantitative estimate of drug-likeness (QED) is 0.272. The number of aromatic nitrogens is 1. The Kier molecular flexibility index (Phi) is 6.17.